The molecule has 0 aliphatic heterocycles. The van der Waals surface area contributed by atoms with Gasteiger partial charge in [0.15, 0.2) is 5.82 Å². The molecular formula is C11H11FIN3S. The highest BCUT2D eigenvalue weighted by Gasteiger charge is 2.14. The third-order valence-corrected chi connectivity index (χ3v) is 4.12. The molecule has 0 bridgehead atoms. The highest BCUT2D eigenvalue weighted by molar-refractivity contribution is 14.1. The van der Waals surface area contributed by atoms with E-state index < -0.39 is 0 Å². The minimum Gasteiger partial charge on any atom is -0.248 e. The van der Waals surface area contributed by atoms with Crippen molar-refractivity contribution in [3.05, 3.63) is 27.1 Å². The quantitative estimate of drug-likeness (QED) is 0.606. The summed E-state index contributed by atoms with van der Waals surface area (Å²) >= 11 is 3.64. The number of nitrogens with zero attached hydrogens (tertiary/aromatic N) is 3. The van der Waals surface area contributed by atoms with Crippen LogP contribution in [0.15, 0.2) is 17.3 Å². The molecule has 3 nitrogen and oxygen atoms in total. The molecule has 90 valence electrons. The molecule has 17 heavy (non-hydrogen) atoms. The number of aryl methyl sites for hydroxylation is 2. The Morgan fingerprint density at radius 1 is 1.41 bits per heavy atom. The van der Waals surface area contributed by atoms with Gasteiger partial charge in [-0.15, -0.1) is 5.10 Å². The molecule has 6 heteroatoms. The van der Waals surface area contributed by atoms with Crippen molar-refractivity contribution in [3.8, 4) is 11.4 Å². The van der Waals surface area contributed by atoms with Gasteiger partial charge >= 0.3 is 0 Å². The first kappa shape index (κ1) is 12.8. The second kappa shape index (κ2) is 4.93. The van der Waals surface area contributed by atoms with Gasteiger partial charge in [0, 0.05) is 10.6 Å². The molecule has 1 heterocycles. The van der Waals surface area contributed by atoms with Crippen molar-refractivity contribution in [2.75, 3.05) is 6.26 Å². The van der Waals surface area contributed by atoms with Crippen LogP contribution in [0.1, 0.15) is 5.56 Å². The van der Waals surface area contributed by atoms with Crippen LogP contribution in [0, 0.1) is 16.3 Å². The molecule has 0 saturated heterocycles. The lowest BCUT2D eigenvalue weighted by Crippen LogP contribution is -1.98. The molecule has 0 N–H and O–H groups in total. The lowest BCUT2D eigenvalue weighted by molar-refractivity contribution is 0.625. The fourth-order valence-corrected chi connectivity index (χ4v) is 2.35. The topological polar surface area (TPSA) is 30.7 Å². The van der Waals surface area contributed by atoms with Gasteiger partial charge in [-0.05, 0) is 53.5 Å². The van der Waals surface area contributed by atoms with E-state index in [-0.39, 0.29) is 5.82 Å². The van der Waals surface area contributed by atoms with E-state index in [0.717, 1.165) is 9.13 Å². The molecule has 0 atom stereocenters. The molecule has 2 aromatic rings. The van der Waals surface area contributed by atoms with Crippen LogP contribution in [0.25, 0.3) is 11.4 Å². The number of aromatic nitrogens is 3. The van der Waals surface area contributed by atoms with E-state index in [1.54, 1.807) is 17.8 Å². The van der Waals surface area contributed by atoms with E-state index in [1.807, 2.05) is 13.2 Å². The summed E-state index contributed by atoms with van der Waals surface area (Å²) in [7, 11) is 1.77. The largest absolute Gasteiger partial charge is 0.248 e. The molecule has 0 aliphatic rings. The van der Waals surface area contributed by atoms with Gasteiger partial charge in [-0.3, -0.25) is 0 Å². The summed E-state index contributed by atoms with van der Waals surface area (Å²) in [5, 5.41) is 4.85. The molecule has 0 fully saturated rings. The van der Waals surface area contributed by atoms with Crippen LogP contribution < -0.4 is 0 Å². The standard InChI is InChI=1S/C11H11FIN3S/c1-6-4-8(12)7(5-9(6)13)10-14-11(17-3)15-16(10)2/h4-5H,1-3H3. The van der Waals surface area contributed by atoms with Gasteiger partial charge in [0.1, 0.15) is 5.82 Å². The maximum atomic E-state index is 13.9. The zero-order chi connectivity index (χ0) is 12.6. The van der Waals surface area contributed by atoms with Crippen LogP contribution >= 0.6 is 34.4 Å². The van der Waals surface area contributed by atoms with Crippen molar-refractivity contribution in [2.24, 2.45) is 7.05 Å². The van der Waals surface area contributed by atoms with E-state index in [2.05, 4.69) is 32.7 Å². The van der Waals surface area contributed by atoms with Gasteiger partial charge in [-0.2, -0.15) is 0 Å². The van der Waals surface area contributed by atoms with Gasteiger partial charge < -0.3 is 0 Å². The minimum absolute atomic E-state index is 0.258. The Morgan fingerprint density at radius 2 is 2.12 bits per heavy atom. The molecule has 0 spiro atoms. The minimum atomic E-state index is -0.258. The molecule has 0 saturated carbocycles. The van der Waals surface area contributed by atoms with Gasteiger partial charge in [0.25, 0.3) is 0 Å². The van der Waals surface area contributed by atoms with Crippen LogP contribution in [0.4, 0.5) is 4.39 Å². The predicted octanol–water partition coefficient (Wildman–Crippen LogP) is 3.26. The zero-order valence-corrected chi connectivity index (χ0v) is 12.6. The summed E-state index contributed by atoms with van der Waals surface area (Å²) in [6.45, 7) is 1.89. The van der Waals surface area contributed by atoms with E-state index in [9.17, 15) is 4.39 Å². The van der Waals surface area contributed by atoms with Crippen molar-refractivity contribution >= 4 is 34.4 Å². The summed E-state index contributed by atoms with van der Waals surface area (Å²) < 4.78 is 16.5. The van der Waals surface area contributed by atoms with E-state index >= 15 is 0 Å². The fourth-order valence-electron chi connectivity index (χ4n) is 1.50. The van der Waals surface area contributed by atoms with Crippen LogP contribution in [0.3, 0.4) is 0 Å². The monoisotopic (exact) mass is 363 g/mol. The number of benzene rings is 1. The van der Waals surface area contributed by atoms with E-state index in [1.165, 1.54) is 17.8 Å². The van der Waals surface area contributed by atoms with Gasteiger partial charge in [-0.25, -0.2) is 14.1 Å². The Kier molecular flexibility index (Phi) is 3.72. The molecule has 1 aromatic heterocycles. The fraction of sp³-hybridized carbons (Fsp3) is 0.273. The van der Waals surface area contributed by atoms with Gasteiger partial charge in [0.05, 0.1) is 5.56 Å². The lowest BCUT2D eigenvalue weighted by Gasteiger charge is -2.05. The second-order valence-corrected chi connectivity index (χ2v) is 5.56. The zero-order valence-electron chi connectivity index (χ0n) is 9.66. The van der Waals surface area contributed by atoms with Crippen LogP contribution in [0.5, 0.6) is 0 Å². The first-order valence-corrected chi connectivity index (χ1v) is 7.24. The number of rotatable bonds is 2. The normalized spacial score (nSPS) is 10.9. The summed E-state index contributed by atoms with van der Waals surface area (Å²) in [6, 6.07) is 3.34. The van der Waals surface area contributed by atoms with Gasteiger partial charge in [-0.1, -0.05) is 11.8 Å². The molecule has 0 radical (unpaired) electrons. The number of thioether (sulfide) groups is 1. The summed E-state index contributed by atoms with van der Waals surface area (Å²) in [4.78, 5) is 4.30. The summed E-state index contributed by atoms with van der Waals surface area (Å²) in [5.74, 6) is 0.302. The number of halogens is 2. The van der Waals surface area contributed by atoms with E-state index in [0.29, 0.717) is 16.5 Å². The third kappa shape index (κ3) is 2.47. The lowest BCUT2D eigenvalue weighted by atomic mass is 10.1. The van der Waals surface area contributed by atoms with Crippen molar-refractivity contribution in [1.29, 1.82) is 0 Å². The average Bonchev–Trinajstić information content (AvgIpc) is 2.65. The molecule has 0 unspecified atom stereocenters. The van der Waals surface area contributed by atoms with Crippen molar-refractivity contribution < 1.29 is 4.39 Å². The third-order valence-electron chi connectivity index (χ3n) is 2.42. The SMILES string of the molecule is CSc1nc(-c2cc(I)c(C)cc2F)n(C)n1. The maximum Gasteiger partial charge on any atom is 0.208 e. The first-order valence-electron chi connectivity index (χ1n) is 4.94. The van der Waals surface area contributed by atoms with Crippen LogP contribution in [-0.2, 0) is 7.05 Å². The smallest absolute Gasteiger partial charge is 0.208 e. The van der Waals surface area contributed by atoms with Crippen LogP contribution in [0.2, 0.25) is 0 Å². The predicted molar refractivity (Wildman–Crippen MR) is 75.6 cm³/mol. The number of hydrogen-bond acceptors (Lipinski definition) is 3. The van der Waals surface area contributed by atoms with Crippen molar-refractivity contribution in [1.82, 2.24) is 14.8 Å². The Hall–Kier alpha value is -0.630. The Morgan fingerprint density at radius 3 is 2.71 bits per heavy atom. The maximum absolute atomic E-state index is 13.9. The second-order valence-electron chi connectivity index (χ2n) is 3.63. The highest BCUT2D eigenvalue weighted by atomic mass is 127. The van der Waals surface area contributed by atoms with E-state index in [4.69, 9.17) is 0 Å². The molecular weight excluding hydrogens is 352 g/mol. The Balaban J connectivity index is 2.59. The molecule has 2 rings (SSSR count). The Bertz CT molecular complexity index is 568. The molecule has 0 aliphatic carbocycles. The molecule has 1 aromatic carbocycles. The average molecular weight is 363 g/mol. The Labute approximate surface area is 117 Å². The van der Waals surface area contributed by atoms with Crippen molar-refractivity contribution in [2.45, 2.75) is 12.1 Å². The summed E-state index contributed by atoms with van der Waals surface area (Å²) in [6.07, 6.45) is 1.90. The summed E-state index contributed by atoms with van der Waals surface area (Å²) in [5.41, 5.74) is 1.43. The first-order chi connectivity index (χ1) is 8.02. The number of hydrogen-bond donors (Lipinski definition) is 0. The highest BCUT2D eigenvalue weighted by Crippen LogP contribution is 2.26. The molecule has 0 amide bonds. The van der Waals surface area contributed by atoms with Gasteiger partial charge in [0.2, 0.25) is 5.16 Å². The van der Waals surface area contributed by atoms with Crippen molar-refractivity contribution in [3.63, 3.8) is 0 Å². The van der Waals surface area contributed by atoms with Crippen LogP contribution in [-0.4, -0.2) is 21.0 Å².